The standard InChI is InChI=1S/C31H43F7N4O7/c1-6-19(31(36,37)38)26(46)23(21(44)14-30(33,34)35)16(3)39(5)29(49)42-8-7-18(41-11-9-40(10-12-41)17(4)43)13-20(42)22-15(2)25(45)24(32)28(48)27(22)47/h16,18-20,23,26,45-48H,6-14H2,1-5H3. The molecular formula is C31H43F7N4O7. The van der Waals surface area contributed by atoms with Crippen molar-refractivity contribution < 1.29 is 65.5 Å². The van der Waals surface area contributed by atoms with Gasteiger partial charge < -0.3 is 35.1 Å². The highest BCUT2D eigenvalue weighted by atomic mass is 19.4. The predicted molar refractivity (Wildman–Crippen MR) is 160 cm³/mol. The van der Waals surface area contributed by atoms with Gasteiger partial charge in [-0.05, 0) is 33.1 Å². The predicted octanol–water partition coefficient (Wildman–Crippen LogP) is 4.45. The zero-order chi connectivity index (χ0) is 37.3. The number of rotatable bonds is 9. The molecule has 0 bridgehead atoms. The maximum absolute atomic E-state index is 14.5. The number of hydrogen-bond donors (Lipinski definition) is 4. The molecule has 6 atom stereocenters. The fourth-order valence-electron chi connectivity index (χ4n) is 7.00. The number of carbonyl (C=O) groups is 3. The molecule has 2 saturated heterocycles. The first-order valence-electron chi connectivity index (χ1n) is 15.8. The summed E-state index contributed by atoms with van der Waals surface area (Å²) >= 11 is 0. The summed E-state index contributed by atoms with van der Waals surface area (Å²) in [5.74, 6) is -11.6. The number of hydrogen-bond acceptors (Lipinski definition) is 8. The van der Waals surface area contributed by atoms with E-state index in [2.05, 4.69) is 0 Å². The van der Waals surface area contributed by atoms with Crippen molar-refractivity contribution in [3.8, 4) is 17.2 Å². The Balaban J connectivity index is 2.04. The zero-order valence-corrected chi connectivity index (χ0v) is 27.8. The van der Waals surface area contributed by atoms with Crippen LogP contribution in [0, 0.1) is 24.6 Å². The number of likely N-dealkylation sites (tertiary alicyclic amines) is 1. The van der Waals surface area contributed by atoms with Gasteiger partial charge in [0.05, 0.1) is 24.0 Å². The Morgan fingerprint density at radius 2 is 1.53 bits per heavy atom. The molecule has 3 rings (SSSR count). The molecule has 0 radical (unpaired) electrons. The van der Waals surface area contributed by atoms with E-state index < -0.39 is 90.1 Å². The molecule has 0 aliphatic carbocycles. The van der Waals surface area contributed by atoms with Crippen LogP contribution in [0.1, 0.15) is 63.6 Å². The third kappa shape index (κ3) is 8.61. The Morgan fingerprint density at radius 3 is 2.02 bits per heavy atom. The van der Waals surface area contributed by atoms with E-state index in [0.717, 1.165) is 30.7 Å². The number of halogens is 7. The minimum atomic E-state index is -5.12. The van der Waals surface area contributed by atoms with Crippen molar-refractivity contribution in [2.45, 2.75) is 90.0 Å². The Labute approximate surface area is 278 Å². The molecule has 2 fully saturated rings. The molecule has 278 valence electrons. The Bertz CT molecular complexity index is 1360. The number of amides is 3. The van der Waals surface area contributed by atoms with Crippen LogP contribution < -0.4 is 0 Å². The van der Waals surface area contributed by atoms with Gasteiger partial charge in [-0.1, -0.05) is 6.92 Å². The number of nitrogens with zero attached hydrogens (tertiary/aromatic N) is 4. The first-order valence-corrected chi connectivity index (χ1v) is 15.8. The first kappa shape index (κ1) is 39.9. The molecule has 0 spiro atoms. The molecule has 1 aromatic carbocycles. The lowest BCUT2D eigenvalue weighted by molar-refractivity contribution is -0.210. The van der Waals surface area contributed by atoms with Crippen LogP contribution in [0.15, 0.2) is 0 Å². The number of aromatic hydroxyl groups is 3. The van der Waals surface area contributed by atoms with Gasteiger partial charge in [0, 0.05) is 69.9 Å². The van der Waals surface area contributed by atoms with Gasteiger partial charge in [-0.2, -0.15) is 30.7 Å². The van der Waals surface area contributed by atoms with E-state index >= 15 is 0 Å². The van der Waals surface area contributed by atoms with Crippen molar-refractivity contribution in [1.29, 1.82) is 0 Å². The second-order valence-corrected chi connectivity index (χ2v) is 12.8. The van der Waals surface area contributed by atoms with Crippen LogP contribution in [0.3, 0.4) is 0 Å². The van der Waals surface area contributed by atoms with E-state index in [1.165, 1.54) is 13.8 Å². The number of phenols is 3. The monoisotopic (exact) mass is 716 g/mol. The molecule has 6 unspecified atom stereocenters. The number of benzene rings is 1. The Kier molecular flexibility index (Phi) is 12.3. The van der Waals surface area contributed by atoms with Crippen LogP contribution in [-0.4, -0.2) is 128 Å². The van der Waals surface area contributed by atoms with E-state index in [-0.39, 0.29) is 42.5 Å². The van der Waals surface area contributed by atoms with E-state index in [1.807, 2.05) is 4.90 Å². The Hall–Kier alpha value is -3.54. The molecule has 0 saturated carbocycles. The number of piperazine rings is 1. The molecule has 4 N–H and O–H groups in total. The van der Waals surface area contributed by atoms with Gasteiger partial charge in [-0.15, -0.1) is 0 Å². The fraction of sp³-hybridized carbons (Fsp3) is 0.710. The number of carbonyl (C=O) groups excluding carboxylic acids is 3. The van der Waals surface area contributed by atoms with Crippen molar-refractivity contribution in [1.82, 2.24) is 19.6 Å². The highest BCUT2D eigenvalue weighted by Gasteiger charge is 2.51. The third-order valence-corrected chi connectivity index (χ3v) is 9.90. The number of Topliss-reactive ketones (excluding diaryl/α,β-unsaturated/α-hetero) is 1. The average Bonchev–Trinajstić information content (AvgIpc) is 3.01. The SMILES string of the molecule is CCC(C(O)C(C(=O)CC(F)(F)F)C(C)N(C)C(=O)N1CCC(N2CCN(C(C)=O)CC2)CC1c1c(C)c(O)c(F)c(O)c1O)C(F)(F)F. The number of alkyl halides is 6. The van der Waals surface area contributed by atoms with Crippen molar-refractivity contribution in [3.63, 3.8) is 0 Å². The van der Waals surface area contributed by atoms with Gasteiger partial charge in [0.25, 0.3) is 0 Å². The fourth-order valence-corrected chi connectivity index (χ4v) is 7.00. The molecular weight excluding hydrogens is 673 g/mol. The summed E-state index contributed by atoms with van der Waals surface area (Å²) in [5.41, 5.74) is -0.483. The van der Waals surface area contributed by atoms with E-state index in [0.29, 0.717) is 26.2 Å². The maximum atomic E-state index is 14.5. The summed E-state index contributed by atoms with van der Waals surface area (Å²) in [6, 6.07) is -4.27. The minimum Gasteiger partial charge on any atom is -0.505 e. The van der Waals surface area contributed by atoms with Crippen molar-refractivity contribution in [2.75, 3.05) is 39.8 Å². The van der Waals surface area contributed by atoms with Crippen LogP contribution in [0.5, 0.6) is 17.2 Å². The number of urea groups is 1. The molecule has 18 heteroatoms. The Morgan fingerprint density at radius 1 is 0.959 bits per heavy atom. The minimum absolute atomic E-state index is 0.0119. The van der Waals surface area contributed by atoms with Crippen molar-refractivity contribution in [2.24, 2.45) is 11.8 Å². The highest BCUT2D eigenvalue weighted by molar-refractivity contribution is 5.84. The smallest absolute Gasteiger partial charge is 0.395 e. The van der Waals surface area contributed by atoms with E-state index in [4.69, 9.17) is 0 Å². The zero-order valence-electron chi connectivity index (χ0n) is 27.8. The number of aliphatic hydroxyl groups is 1. The van der Waals surface area contributed by atoms with Crippen LogP contribution in [-0.2, 0) is 9.59 Å². The maximum Gasteiger partial charge on any atom is 0.395 e. The van der Waals surface area contributed by atoms with Gasteiger partial charge in [0.15, 0.2) is 17.2 Å². The second-order valence-electron chi connectivity index (χ2n) is 12.8. The lowest BCUT2D eigenvalue weighted by Gasteiger charge is -2.48. The summed E-state index contributed by atoms with van der Waals surface area (Å²) in [4.78, 5) is 44.4. The lowest BCUT2D eigenvalue weighted by Crippen LogP contribution is -2.58. The number of ketones is 1. The second kappa shape index (κ2) is 15.1. The van der Waals surface area contributed by atoms with Crippen molar-refractivity contribution in [3.05, 3.63) is 16.9 Å². The molecule has 1 aromatic rings. The molecule has 2 aliphatic heterocycles. The van der Waals surface area contributed by atoms with Gasteiger partial charge in [-0.3, -0.25) is 14.5 Å². The molecule has 2 aliphatic rings. The van der Waals surface area contributed by atoms with Crippen LogP contribution >= 0.6 is 0 Å². The van der Waals surface area contributed by atoms with E-state index in [1.54, 1.807) is 4.90 Å². The molecule has 3 amide bonds. The highest BCUT2D eigenvalue weighted by Crippen LogP contribution is 2.48. The van der Waals surface area contributed by atoms with Crippen LogP contribution in [0.2, 0.25) is 0 Å². The largest absolute Gasteiger partial charge is 0.505 e. The van der Waals surface area contributed by atoms with Crippen LogP contribution in [0.25, 0.3) is 0 Å². The first-order chi connectivity index (χ1) is 22.5. The quantitative estimate of drug-likeness (QED) is 0.167. The third-order valence-electron chi connectivity index (χ3n) is 9.90. The summed E-state index contributed by atoms with van der Waals surface area (Å²) in [6.07, 6.45) is -15.5. The number of phenolic OH excluding ortho intramolecular Hbond substituents is 3. The molecule has 2 heterocycles. The summed E-state index contributed by atoms with van der Waals surface area (Å²) in [6.45, 7) is 6.28. The van der Waals surface area contributed by atoms with Crippen LogP contribution in [0.4, 0.5) is 35.5 Å². The molecule has 11 nitrogen and oxygen atoms in total. The lowest BCUT2D eigenvalue weighted by atomic mass is 9.80. The van der Waals surface area contributed by atoms with Crippen molar-refractivity contribution >= 4 is 17.7 Å². The topological polar surface area (TPSA) is 145 Å². The van der Waals surface area contributed by atoms with Gasteiger partial charge in [0.2, 0.25) is 11.7 Å². The van der Waals surface area contributed by atoms with E-state index in [9.17, 15) is 65.5 Å². The van der Waals surface area contributed by atoms with Gasteiger partial charge in [-0.25, -0.2) is 4.79 Å². The number of piperidine rings is 1. The summed E-state index contributed by atoms with van der Waals surface area (Å²) in [7, 11) is 1.04. The molecule has 0 aromatic heterocycles. The van der Waals surface area contributed by atoms with Gasteiger partial charge >= 0.3 is 18.4 Å². The summed E-state index contributed by atoms with van der Waals surface area (Å²) < 4.78 is 95.8. The average molecular weight is 717 g/mol. The number of aliphatic hydroxyl groups excluding tert-OH is 1. The van der Waals surface area contributed by atoms with Gasteiger partial charge in [0.1, 0.15) is 12.2 Å². The molecule has 49 heavy (non-hydrogen) atoms. The normalized spacial score (nSPS) is 22.0. The summed E-state index contributed by atoms with van der Waals surface area (Å²) in [5, 5.41) is 42.4.